The Morgan fingerprint density at radius 2 is 1.67 bits per heavy atom. The van der Waals surface area contributed by atoms with Gasteiger partial charge in [0.2, 0.25) is 0 Å². The third-order valence-electron chi connectivity index (χ3n) is 2.74. The summed E-state index contributed by atoms with van der Waals surface area (Å²) in [5.41, 5.74) is 1.93. The van der Waals surface area contributed by atoms with Crippen molar-refractivity contribution >= 4 is 40.5 Å². The summed E-state index contributed by atoms with van der Waals surface area (Å²) in [5.74, 6) is 0.480. The first kappa shape index (κ1) is 16.0. The van der Waals surface area contributed by atoms with Crippen LogP contribution in [0.1, 0.15) is 5.56 Å². The third kappa shape index (κ3) is 4.57. The molecule has 21 heavy (non-hydrogen) atoms. The van der Waals surface area contributed by atoms with Gasteiger partial charge in [-0.05, 0) is 42.0 Å². The molecule has 0 amide bonds. The van der Waals surface area contributed by atoms with Crippen molar-refractivity contribution in [3.05, 3.63) is 69.7 Å². The van der Waals surface area contributed by atoms with Crippen LogP contribution in [0.2, 0.25) is 15.1 Å². The molecule has 0 aliphatic rings. The van der Waals surface area contributed by atoms with E-state index in [1.165, 1.54) is 0 Å². The van der Waals surface area contributed by atoms with E-state index in [1.54, 1.807) is 6.08 Å². The highest BCUT2D eigenvalue weighted by Crippen LogP contribution is 2.34. The molecule has 0 aromatic heterocycles. The van der Waals surface area contributed by atoms with Crippen molar-refractivity contribution < 1.29 is 4.74 Å². The Labute approximate surface area is 139 Å². The predicted molar refractivity (Wildman–Crippen MR) is 90.9 cm³/mol. The van der Waals surface area contributed by atoms with Gasteiger partial charge in [0.1, 0.15) is 6.61 Å². The summed E-state index contributed by atoms with van der Waals surface area (Å²) >= 11 is 18.2. The molecule has 0 spiro atoms. The molecule has 0 aliphatic carbocycles. The van der Waals surface area contributed by atoms with Gasteiger partial charge in [-0.3, -0.25) is 0 Å². The first-order valence-electron chi connectivity index (χ1n) is 6.31. The van der Waals surface area contributed by atoms with Crippen molar-refractivity contribution in [2.45, 2.75) is 6.54 Å². The minimum atomic E-state index is 0.363. The first-order valence-corrected chi connectivity index (χ1v) is 7.44. The number of nitrogens with one attached hydrogen (secondary N) is 1. The van der Waals surface area contributed by atoms with E-state index in [4.69, 9.17) is 39.5 Å². The Hall–Kier alpha value is -1.35. The molecule has 2 aromatic carbocycles. The molecule has 5 heteroatoms. The summed E-state index contributed by atoms with van der Waals surface area (Å²) in [5, 5.41) is 4.94. The largest absolute Gasteiger partial charge is 0.486 e. The lowest BCUT2D eigenvalue weighted by atomic mass is 10.2. The van der Waals surface area contributed by atoms with E-state index < -0.39 is 0 Å². The maximum absolute atomic E-state index is 6.18. The molecule has 0 aliphatic heterocycles. The second kappa shape index (κ2) is 7.60. The molecule has 0 saturated carbocycles. The van der Waals surface area contributed by atoms with Crippen LogP contribution in [0.5, 0.6) is 5.75 Å². The topological polar surface area (TPSA) is 21.3 Å². The lowest BCUT2D eigenvalue weighted by Gasteiger charge is -2.12. The standard InChI is InChI=1S/C16H14Cl3NO/c1-2-7-21-16-14(18)8-11(9-15(16)19)10-20-13-5-3-12(17)4-6-13/h2-6,8-9,20H,1,7,10H2. The summed E-state index contributed by atoms with van der Waals surface area (Å²) in [6.07, 6.45) is 1.64. The van der Waals surface area contributed by atoms with Gasteiger partial charge < -0.3 is 10.1 Å². The van der Waals surface area contributed by atoms with Crippen molar-refractivity contribution in [3.8, 4) is 5.75 Å². The van der Waals surface area contributed by atoms with Crippen molar-refractivity contribution in [1.82, 2.24) is 0 Å². The molecule has 2 nitrogen and oxygen atoms in total. The summed E-state index contributed by atoms with van der Waals surface area (Å²) in [4.78, 5) is 0. The highest BCUT2D eigenvalue weighted by Gasteiger charge is 2.09. The fourth-order valence-corrected chi connectivity index (χ4v) is 2.53. The Kier molecular flexibility index (Phi) is 5.80. The predicted octanol–water partition coefficient (Wildman–Crippen LogP) is 5.82. The number of benzene rings is 2. The Morgan fingerprint density at radius 3 is 2.24 bits per heavy atom. The molecule has 0 saturated heterocycles. The Bertz CT molecular complexity index is 603. The van der Waals surface area contributed by atoms with E-state index in [-0.39, 0.29) is 0 Å². The van der Waals surface area contributed by atoms with Gasteiger partial charge in [-0.2, -0.15) is 0 Å². The van der Waals surface area contributed by atoms with Crippen LogP contribution in [-0.4, -0.2) is 6.61 Å². The smallest absolute Gasteiger partial charge is 0.156 e. The summed E-state index contributed by atoms with van der Waals surface area (Å²) < 4.78 is 5.43. The molecule has 0 heterocycles. The van der Waals surface area contributed by atoms with Gasteiger partial charge in [-0.25, -0.2) is 0 Å². The van der Waals surface area contributed by atoms with Crippen LogP contribution in [0.25, 0.3) is 0 Å². The van der Waals surface area contributed by atoms with Gasteiger partial charge in [-0.1, -0.05) is 47.5 Å². The minimum absolute atomic E-state index is 0.363. The van der Waals surface area contributed by atoms with Crippen LogP contribution in [-0.2, 0) is 6.54 Å². The van der Waals surface area contributed by atoms with E-state index in [1.807, 2.05) is 36.4 Å². The second-order valence-corrected chi connectivity index (χ2v) is 5.60. The van der Waals surface area contributed by atoms with Crippen LogP contribution in [0.15, 0.2) is 49.1 Å². The SMILES string of the molecule is C=CCOc1c(Cl)cc(CNc2ccc(Cl)cc2)cc1Cl. The van der Waals surface area contributed by atoms with Crippen molar-refractivity contribution in [1.29, 1.82) is 0 Å². The maximum Gasteiger partial charge on any atom is 0.156 e. The van der Waals surface area contributed by atoms with Gasteiger partial charge in [0.05, 0.1) is 10.0 Å². The van der Waals surface area contributed by atoms with Crippen LogP contribution >= 0.6 is 34.8 Å². The molecule has 0 fully saturated rings. The monoisotopic (exact) mass is 341 g/mol. The molecule has 1 N–H and O–H groups in total. The number of anilines is 1. The molecular formula is C16H14Cl3NO. The number of hydrogen-bond donors (Lipinski definition) is 1. The normalized spacial score (nSPS) is 10.2. The van der Waals surface area contributed by atoms with Crippen LogP contribution in [0.4, 0.5) is 5.69 Å². The Balaban J connectivity index is 2.07. The van der Waals surface area contributed by atoms with E-state index >= 15 is 0 Å². The molecule has 0 bridgehead atoms. The van der Waals surface area contributed by atoms with E-state index in [0.717, 1.165) is 11.3 Å². The molecule has 110 valence electrons. The van der Waals surface area contributed by atoms with Crippen molar-refractivity contribution in [3.63, 3.8) is 0 Å². The molecular weight excluding hydrogens is 329 g/mol. The number of ether oxygens (including phenoxy) is 1. The van der Waals surface area contributed by atoms with Gasteiger partial charge in [0.15, 0.2) is 5.75 Å². The third-order valence-corrected chi connectivity index (χ3v) is 3.56. The van der Waals surface area contributed by atoms with Gasteiger partial charge >= 0.3 is 0 Å². The fraction of sp³-hybridized carbons (Fsp3) is 0.125. The van der Waals surface area contributed by atoms with Gasteiger partial charge in [0, 0.05) is 17.3 Å². The zero-order valence-electron chi connectivity index (χ0n) is 11.2. The van der Waals surface area contributed by atoms with Crippen LogP contribution < -0.4 is 10.1 Å². The lowest BCUT2D eigenvalue weighted by molar-refractivity contribution is 0.363. The van der Waals surface area contributed by atoms with Crippen LogP contribution in [0.3, 0.4) is 0 Å². The highest BCUT2D eigenvalue weighted by atomic mass is 35.5. The summed E-state index contributed by atoms with van der Waals surface area (Å²) in [7, 11) is 0. The minimum Gasteiger partial charge on any atom is -0.486 e. The van der Waals surface area contributed by atoms with Crippen molar-refractivity contribution in [2.24, 2.45) is 0 Å². The Morgan fingerprint density at radius 1 is 1.05 bits per heavy atom. The van der Waals surface area contributed by atoms with E-state index in [2.05, 4.69) is 11.9 Å². The van der Waals surface area contributed by atoms with E-state index in [0.29, 0.717) is 34.0 Å². The second-order valence-electron chi connectivity index (χ2n) is 4.35. The highest BCUT2D eigenvalue weighted by molar-refractivity contribution is 6.37. The average Bonchev–Trinajstić information content (AvgIpc) is 2.46. The number of halogens is 3. The number of hydrogen-bond acceptors (Lipinski definition) is 2. The lowest BCUT2D eigenvalue weighted by Crippen LogP contribution is -2.01. The molecule has 2 rings (SSSR count). The summed E-state index contributed by atoms with van der Waals surface area (Å²) in [6.45, 7) is 4.55. The molecule has 2 aromatic rings. The molecule has 0 unspecified atom stereocenters. The van der Waals surface area contributed by atoms with E-state index in [9.17, 15) is 0 Å². The molecule has 0 atom stereocenters. The fourth-order valence-electron chi connectivity index (χ4n) is 1.77. The maximum atomic E-state index is 6.18. The summed E-state index contributed by atoms with van der Waals surface area (Å²) in [6, 6.07) is 11.1. The van der Waals surface area contributed by atoms with Gasteiger partial charge in [0.25, 0.3) is 0 Å². The van der Waals surface area contributed by atoms with Gasteiger partial charge in [-0.15, -0.1) is 0 Å². The number of rotatable bonds is 6. The quantitative estimate of drug-likeness (QED) is 0.667. The van der Waals surface area contributed by atoms with Crippen molar-refractivity contribution in [2.75, 3.05) is 11.9 Å². The zero-order chi connectivity index (χ0) is 15.2. The first-order chi connectivity index (χ1) is 10.1. The average molecular weight is 343 g/mol. The van der Waals surface area contributed by atoms with Crippen LogP contribution in [0, 0.1) is 0 Å². The molecule has 0 radical (unpaired) electrons. The zero-order valence-corrected chi connectivity index (χ0v) is 13.5.